The Bertz CT molecular complexity index is 1810. The van der Waals surface area contributed by atoms with E-state index >= 15 is 4.39 Å². The minimum absolute atomic E-state index is 0.00697. The Morgan fingerprint density at radius 3 is 2.77 bits per heavy atom. The Kier molecular flexibility index (Phi) is 6.61. The number of aryl methyl sites for hydroxylation is 1. The van der Waals surface area contributed by atoms with Crippen molar-refractivity contribution in [1.82, 2.24) is 14.9 Å². The zero-order valence-corrected chi connectivity index (χ0v) is 24.8. The Balaban J connectivity index is 1.40. The van der Waals surface area contributed by atoms with Crippen LogP contribution < -0.4 is 15.3 Å². The Morgan fingerprint density at radius 2 is 1.95 bits per heavy atom. The van der Waals surface area contributed by atoms with Crippen molar-refractivity contribution in [3.05, 3.63) is 52.1 Å². The molecule has 0 spiro atoms. The van der Waals surface area contributed by atoms with Gasteiger partial charge in [0, 0.05) is 42.6 Å². The SMILES string of the molecule is Cc1c(-c2cc(O)cc3cccc(F)c23)oc(=O)c2c(N3CCCC(C)(C)C3)nc(OC[C@@]34CCCN3C[C@H](F)C4)nc12. The van der Waals surface area contributed by atoms with Gasteiger partial charge in [-0.25, -0.2) is 13.6 Å². The van der Waals surface area contributed by atoms with Crippen LogP contribution in [0.15, 0.2) is 39.5 Å². The molecule has 3 fully saturated rings. The molecule has 3 aliphatic rings. The highest BCUT2D eigenvalue weighted by Gasteiger charge is 2.49. The summed E-state index contributed by atoms with van der Waals surface area (Å²) in [6.45, 7) is 9.03. The topological polar surface area (TPSA) is 91.9 Å². The fourth-order valence-corrected chi connectivity index (χ4v) is 7.56. The predicted octanol–water partition coefficient (Wildman–Crippen LogP) is 6.14. The maximum Gasteiger partial charge on any atom is 0.349 e. The molecule has 0 radical (unpaired) electrons. The first-order chi connectivity index (χ1) is 20.5. The largest absolute Gasteiger partial charge is 0.508 e. The molecule has 3 aliphatic heterocycles. The maximum absolute atomic E-state index is 15.2. The summed E-state index contributed by atoms with van der Waals surface area (Å²) in [5.41, 5.74) is 0.0704. The molecule has 0 unspecified atom stereocenters. The van der Waals surface area contributed by atoms with E-state index in [2.05, 4.69) is 23.6 Å². The molecule has 2 atom stereocenters. The third-order valence-corrected chi connectivity index (χ3v) is 9.55. The van der Waals surface area contributed by atoms with E-state index < -0.39 is 17.6 Å². The van der Waals surface area contributed by atoms with Crippen LogP contribution in [0, 0.1) is 18.2 Å². The molecular formula is C33H36F2N4O4. The number of aromatic hydroxyl groups is 1. The molecular weight excluding hydrogens is 554 g/mol. The molecule has 43 heavy (non-hydrogen) atoms. The van der Waals surface area contributed by atoms with Gasteiger partial charge in [0.15, 0.2) is 5.82 Å². The smallest absolute Gasteiger partial charge is 0.349 e. The number of phenolic OH excluding ortho intramolecular Hbond substituents is 1. The lowest BCUT2D eigenvalue weighted by Gasteiger charge is -2.39. The van der Waals surface area contributed by atoms with Crippen molar-refractivity contribution in [2.75, 3.05) is 37.7 Å². The van der Waals surface area contributed by atoms with Gasteiger partial charge < -0.3 is 19.2 Å². The number of aromatic nitrogens is 2. The average Bonchev–Trinajstić information content (AvgIpc) is 3.48. The van der Waals surface area contributed by atoms with Crippen molar-refractivity contribution in [1.29, 1.82) is 0 Å². The number of nitrogens with zero attached hydrogens (tertiary/aromatic N) is 4. The van der Waals surface area contributed by atoms with Crippen molar-refractivity contribution in [2.24, 2.45) is 5.41 Å². The molecule has 0 amide bonds. The molecule has 5 heterocycles. The Morgan fingerprint density at radius 1 is 1.14 bits per heavy atom. The zero-order valence-electron chi connectivity index (χ0n) is 24.8. The Labute approximate surface area is 248 Å². The number of anilines is 1. The van der Waals surface area contributed by atoms with Crippen molar-refractivity contribution in [3.8, 4) is 23.1 Å². The van der Waals surface area contributed by atoms with Crippen LogP contribution in [0.3, 0.4) is 0 Å². The monoisotopic (exact) mass is 590 g/mol. The number of halogens is 2. The van der Waals surface area contributed by atoms with Gasteiger partial charge in [-0.3, -0.25) is 4.90 Å². The lowest BCUT2D eigenvalue weighted by molar-refractivity contribution is 0.107. The summed E-state index contributed by atoms with van der Waals surface area (Å²) in [5.74, 6) is -0.0182. The molecule has 4 aromatic rings. The van der Waals surface area contributed by atoms with Gasteiger partial charge in [-0.15, -0.1) is 0 Å². The minimum Gasteiger partial charge on any atom is -0.508 e. The second-order valence-corrected chi connectivity index (χ2v) is 13.3. The average molecular weight is 591 g/mol. The summed E-state index contributed by atoms with van der Waals surface area (Å²) >= 11 is 0. The summed E-state index contributed by atoms with van der Waals surface area (Å²) in [7, 11) is 0. The van der Waals surface area contributed by atoms with E-state index in [1.54, 1.807) is 19.1 Å². The second-order valence-electron chi connectivity index (χ2n) is 13.3. The van der Waals surface area contributed by atoms with Crippen LogP contribution in [0.5, 0.6) is 11.8 Å². The summed E-state index contributed by atoms with van der Waals surface area (Å²) in [4.78, 5) is 27.6. The molecule has 7 rings (SSSR count). The maximum atomic E-state index is 15.2. The summed E-state index contributed by atoms with van der Waals surface area (Å²) in [6.07, 6.45) is 3.34. The predicted molar refractivity (Wildman–Crippen MR) is 161 cm³/mol. The molecule has 226 valence electrons. The highest BCUT2D eigenvalue weighted by atomic mass is 19.1. The van der Waals surface area contributed by atoms with Crippen molar-refractivity contribution in [2.45, 2.75) is 64.6 Å². The molecule has 3 saturated heterocycles. The van der Waals surface area contributed by atoms with Gasteiger partial charge >= 0.3 is 11.6 Å². The highest BCUT2D eigenvalue weighted by Crippen LogP contribution is 2.42. The fourth-order valence-electron chi connectivity index (χ4n) is 7.56. The fraction of sp³-hybridized carbons (Fsp3) is 0.485. The van der Waals surface area contributed by atoms with Crippen molar-refractivity contribution in [3.63, 3.8) is 0 Å². The minimum atomic E-state index is -0.889. The van der Waals surface area contributed by atoms with E-state index in [0.29, 0.717) is 48.3 Å². The van der Waals surface area contributed by atoms with Gasteiger partial charge in [0.1, 0.15) is 35.5 Å². The third-order valence-electron chi connectivity index (χ3n) is 9.55. The standard InChI is InChI=1S/C33H36F2N4O4/c1-19-27-26(30(41)43-28(19)23-14-22(40)13-20-7-4-8-24(35)25(20)23)29(38-11-5-9-32(2,3)17-38)37-31(36-27)42-18-33-10-6-12-39(33)16-21(34)15-33/h4,7-8,13-14,21,40H,5-6,9-12,15-18H2,1-3H3/t21-,33+/m1/s1. The number of piperidine rings is 1. The number of ether oxygens (including phenoxy) is 1. The van der Waals surface area contributed by atoms with E-state index in [4.69, 9.17) is 19.1 Å². The summed E-state index contributed by atoms with van der Waals surface area (Å²) in [5, 5.41) is 11.4. The first-order valence-corrected chi connectivity index (χ1v) is 15.1. The molecule has 1 N–H and O–H groups in total. The molecule has 8 nitrogen and oxygen atoms in total. The number of hydrogen-bond donors (Lipinski definition) is 1. The third kappa shape index (κ3) is 4.80. The first kappa shape index (κ1) is 28.0. The van der Waals surface area contributed by atoms with Gasteiger partial charge in [0.05, 0.1) is 11.1 Å². The van der Waals surface area contributed by atoms with Crippen LogP contribution >= 0.6 is 0 Å². The molecule has 10 heteroatoms. The lowest BCUT2D eigenvalue weighted by atomic mass is 9.84. The van der Waals surface area contributed by atoms with E-state index in [-0.39, 0.29) is 51.4 Å². The van der Waals surface area contributed by atoms with Crippen LogP contribution in [-0.2, 0) is 0 Å². The summed E-state index contributed by atoms with van der Waals surface area (Å²) < 4.78 is 41.8. The molecule has 0 aliphatic carbocycles. The van der Waals surface area contributed by atoms with Crippen LogP contribution in [0.2, 0.25) is 0 Å². The summed E-state index contributed by atoms with van der Waals surface area (Å²) in [6, 6.07) is 7.57. The van der Waals surface area contributed by atoms with Gasteiger partial charge in [0.25, 0.3) is 0 Å². The first-order valence-electron chi connectivity index (χ1n) is 15.1. The molecule has 0 bridgehead atoms. The lowest BCUT2D eigenvalue weighted by Crippen LogP contribution is -2.43. The van der Waals surface area contributed by atoms with Crippen LogP contribution in [-0.4, -0.2) is 64.5 Å². The van der Waals surface area contributed by atoms with Gasteiger partial charge in [-0.1, -0.05) is 26.0 Å². The van der Waals surface area contributed by atoms with E-state index in [9.17, 15) is 14.3 Å². The highest BCUT2D eigenvalue weighted by molar-refractivity contribution is 6.00. The zero-order chi connectivity index (χ0) is 30.1. The quantitative estimate of drug-likeness (QED) is 0.297. The van der Waals surface area contributed by atoms with Crippen LogP contribution in [0.1, 0.15) is 51.5 Å². The number of hydrogen-bond acceptors (Lipinski definition) is 8. The Hall–Kier alpha value is -3.79. The van der Waals surface area contributed by atoms with Gasteiger partial charge in [-0.2, -0.15) is 9.97 Å². The number of rotatable bonds is 5. The van der Waals surface area contributed by atoms with Crippen LogP contribution in [0.25, 0.3) is 33.0 Å². The second kappa shape index (κ2) is 10.1. The molecule has 2 aromatic heterocycles. The van der Waals surface area contributed by atoms with E-state index in [0.717, 1.165) is 32.2 Å². The van der Waals surface area contributed by atoms with Crippen molar-refractivity contribution >= 4 is 27.5 Å². The van der Waals surface area contributed by atoms with Crippen molar-refractivity contribution < 1.29 is 23.0 Å². The number of fused-ring (bicyclic) bond motifs is 3. The van der Waals surface area contributed by atoms with Gasteiger partial charge in [0.2, 0.25) is 0 Å². The molecule has 2 aromatic carbocycles. The van der Waals surface area contributed by atoms with E-state index in [1.165, 1.54) is 18.2 Å². The molecule has 0 saturated carbocycles. The number of alkyl halides is 1. The number of benzene rings is 2. The van der Waals surface area contributed by atoms with E-state index in [1.807, 2.05) is 0 Å². The number of phenols is 1. The van der Waals surface area contributed by atoms with Crippen LogP contribution in [0.4, 0.5) is 14.6 Å². The van der Waals surface area contributed by atoms with Gasteiger partial charge in [-0.05, 0) is 68.2 Å². The normalized spacial score (nSPS) is 23.7.